The van der Waals surface area contributed by atoms with Gasteiger partial charge in [0.1, 0.15) is 0 Å². The molecule has 0 saturated carbocycles. The maximum Gasteiger partial charge on any atom is 0.257 e. The van der Waals surface area contributed by atoms with Crippen molar-refractivity contribution in [2.45, 2.75) is 26.3 Å². The van der Waals surface area contributed by atoms with E-state index in [1.54, 1.807) is 28.4 Å². The second-order valence-electron chi connectivity index (χ2n) is 8.78. The minimum absolute atomic E-state index is 0.0312. The molecule has 0 N–H and O–H groups in total. The fourth-order valence-corrected chi connectivity index (χ4v) is 5.07. The van der Waals surface area contributed by atoms with Crippen LogP contribution in [-0.2, 0) is 6.54 Å². The molecule has 0 atom stereocenters. The Hall–Kier alpha value is -3.36. The molecule has 4 aromatic rings. The molecule has 4 heterocycles. The molecule has 5 rings (SSSR count). The fourth-order valence-electron chi connectivity index (χ4n) is 4.37. The zero-order valence-corrected chi connectivity index (χ0v) is 20.3. The summed E-state index contributed by atoms with van der Waals surface area (Å²) in [6, 6.07) is 16.4. The summed E-state index contributed by atoms with van der Waals surface area (Å²) < 4.78 is 1.72. The second kappa shape index (κ2) is 9.87. The Bertz CT molecular complexity index is 1240. The fraction of sp³-hybridized carbons (Fsp3) is 0.308. The van der Waals surface area contributed by atoms with Gasteiger partial charge in [-0.25, -0.2) is 14.6 Å². The van der Waals surface area contributed by atoms with Gasteiger partial charge < -0.3 is 4.90 Å². The second-order valence-corrected chi connectivity index (χ2v) is 9.73. The standard InChI is InChI=1S/C26H28N6OS/c1-19(2)24-21(17-28-32(24)26-27-11-10-22(29-26)23-9-6-16-34-23)25(33)31-14-12-30(13-15-31)18-20-7-4-3-5-8-20/h3-11,16-17,19H,12-15,18H2,1-2H3. The van der Waals surface area contributed by atoms with Crippen molar-refractivity contribution in [2.75, 3.05) is 26.2 Å². The molecule has 1 aliphatic heterocycles. The van der Waals surface area contributed by atoms with Crippen LogP contribution in [-0.4, -0.2) is 61.6 Å². The summed E-state index contributed by atoms with van der Waals surface area (Å²) in [5.74, 6) is 0.611. The van der Waals surface area contributed by atoms with Crippen molar-refractivity contribution < 1.29 is 4.79 Å². The highest BCUT2D eigenvalue weighted by Crippen LogP contribution is 2.26. The number of carbonyl (C=O) groups excluding carboxylic acids is 1. The van der Waals surface area contributed by atoms with E-state index < -0.39 is 0 Å². The largest absolute Gasteiger partial charge is 0.336 e. The summed E-state index contributed by atoms with van der Waals surface area (Å²) in [5, 5.41) is 6.58. The minimum atomic E-state index is 0.0312. The lowest BCUT2D eigenvalue weighted by atomic mass is 10.0. The van der Waals surface area contributed by atoms with Gasteiger partial charge in [-0.05, 0) is 29.0 Å². The van der Waals surface area contributed by atoms with Crippen LogP contribution in [0.5, 0.6) is 0 Å². The topological polar surface area (TPSA) is 67.2 Å². The molecule has 174 valence electrons. The molecule has 0 bridgehead atoms. The SMILES string of the molecule is CC(C)c1c(C(=O)N2CCN(Cc3ccccc3)CC2)cnn1-c1nccc(-c2cccs2)n1. The number of nitrogens with zero attached hydrogens (tertiary/aromatic N) is 6. The van der Waals surface area contributed by atoms with Crippen molar-refractivity contribution in [3.63, 3.8) is 0 Å². The van der Waals surface area contributed by atoms with Crippen LogP contribution in [0.1, 0.15) is 41.4 Å². The summed E-state index contributed by atoms with van der Waals surface area (Å²) in [5.41, 5.74) is 3.64. The molecule has 1 aromatic carbocycles. The van der Waals surface area contributed by atoms with E-state index in [4.69, 9.17) is 4.98 Å². The Morgan fingerprint density at radius 3 is 2.53 bits per heavy atom. The first kappa shape index (κ1) is 22.4. The molecule has 8 heteroatoms. The number of piperazine rings is 1. The van der Waals surface area contributed by atoms with Gasteiger partial charge in [0.2, 0.25) is 0 Å². The predicted molar refractivity (Wildman–Crippen MR) is 134 cm³/mol. The summed E-state index contributed by atoms with van der Waals surface area (Å²) in [6.07, 6.45) is 3.42. The third-order valence-corrected chi connectivity index (χ3v) is 6.99. The lowest BCUT2D eigenvalue weighted by Gasteiger charge is -2.34. The van der Waals surface area contributed by atoms with Gasteiger partial charge in [0.25, 0.3) is 11.9 Å². The highest BCUT2D eigenvalue weighted by Gasteiger charge is 2.28. The minimum Gasteiger partial charge on any atom is -0.336 e. The van der Waals surface area contributed by atoms with Crippen LogP contribution in [0.3, 0.4) is 0 Å². The van der Waals surface area contributed by atoms with E-state index in [9.17, 15) is 4.79 Å². The molecule has 7 nitrogen and oxygen atoms in total. The first-order valence-corrected chi connectivity index (χ1v) is 12.5. The number of carbonyl (C=O) groups is 1. The average Bonchev–Trinajstić information content (AvgIpc) is 3.56. The maximum atomic E-state index is 13.5. The van der Waals surface area contributed by atoms with Crippen molar-refractivity contribution in [3.8, 4) is 16.5 Å². The van der Waals surface area contributed by atoms with Gasteiger partial charge in [0, 0.05) is 38.9 Å². The third-order valence-electron chi connectivity index (χ3n) is 6.10. The van der Waals surface area contributed by atoms with E-state index >= 15 is 0 Å². The van der Waals surface area contributed by atoms with Crippen LogP contribution >= 0.6 is 11.3 Å². The monoisotopic (exact) mass is 472 g/mol. The molecule has 0 unspecified atom stereocenters. The van der Waals surface area contributed by atoms with Crippen molar-refractivity contribution in [1.29, 1.82) is 0 Å². The number of amides is 1. The molecule has 1 fully saturated rings. The van der Waals surface area contributed by atoms with Gasteiger partial charge >= 0.3 is 0 Å². The van der Waals surface area contributed by atoms with Gasteiger partial charge in [0.15, 0.2) is 0 Å². The summed E-state index contributed by atoms with van der Waals surface area (Å²) in [4.78, 5) is 28.1. The molecular formula is C26H28N6OS. The number of benzene rings is 1. The lowest BCUT2D eigenvalue weighted by molar-refractivity contribution is 0.0627. The molecule has 0 aliphatic carbocycles. The average molecular weight is 473 g/mol. The van der Waals surface area contributed by atoms with Gasteiger partial charge in [-0.3, -0.25) is 9.69 Å². The molecular weight excluding hydrogens is 444 g/mol. The summed E-state index contributed by atoms with van der Waals surface area (Å²) in [7, 11) is 0. The van der Waals surface area contributed by atoms with Crippen LogP contribution in [0, 0.1) is 0 Å². The number of hydrogen-bond acceptors (Lipinski definition) is 6. The molecule has 34 heavy (non-hydrogen) atoms. The highest BCUT2D eigenvalue weighted by molar-refractivity contribution is 7.13. The van der Waals surface area contributed by atoms with Crippen LogP contribution in [0.25, 0.3) is 16.5 Å². The van der Waals surface area contributed by atoms with E-state index in [2.05, 4.69) is 53.1 Å². The van der Waals surface area contributed by atoms with Gasteiger partial charge in [-0.15, -0.1) is 11.3 Å². The Labute approximate surface area is 203 Å². The zero-order valence-electron chi connectivity index (χ0n) is 19.5. The van der Waals surface area contributed by atoms with E-state index in [-0.39, 0.29) is 11.8 Å². The van der Waals surface area contributed by atoms with Crippen molar-refractivity contribution >= 4 is 17.2 Å². The van der Waals surface area contributed by atoms with Crippen molar-refractivity contribution in [2.24, 2.45) is 0 Å². The summed E-state index contributed by atoms with van der Waals surface area (Å²) >= 11 is 1.64. The molecule has 0 spiro atoms. The number of hydrogen-bond donors (Lipinski definition) is 0. The molecule has 0 radical (unpaired) electrons. The quantitative estimate of drug-likeness (QED) is 0.414. The van der Waals surface area contributed by atoms with E-state index in [0.717, 1.165) is 35.9 Å². The Balaban J connectivity index is 1.34. The summed E-state index contributed by atoms with van der Waals surface area (Å²) in [6.45, 7) is 8.19. The number of thiophene rings is 1. The molecule has 1 amide bonds. The highest BCUT2D eigenvalue weighted by atomic mass is 32.1. The smallest absolute Gasteiger partial charge is 0.257 e. The number of rotatable bonds is 6. The Kier molecular flexibility index (Phi) is 6.51. The Morgan fingerprint density at radius 1 is 1.03 bits per heavy atom. The molecule has 3 aromatic heterocycles. The predicted octanol–water partition coefficient (Wildman–Crippen LogP) is 4.47. The van der Waals surface area contributed by atoms with Crippen molar-refractivity contribution in [3.05, 3.63) is 83.1 Å². The van der Waals surface area contributed by atoms with E-state index in [0.29, 0.717) is 24.6 Å². The lowest BCUT2D eigenvalue weighted by Crippen LogP contribution is -2.48. The normalized spacial score (nSPS) is 14.6. The van der Waals surface area contributed by atoms with Crippen LogP contribution in [0.15, 0.2) is 66.3 Å². The van der Waals surface area contributed by atoms with Crippen LogP contribution < -0.4 is 0 Å². The maximum absolute atomic E-state index is 13.5. The van der Waals surface area contributed by atoms with Crippen LogP contribution in [0.2, 0.25) is 0 Å². The zero-order chi connectivity index (χ0) is 23.5. The molecule has 1 saturated heterocycles. The number of aromatic nitrogens is 4. The van der Waals surface area contributed by atoms with Gasteiger partial charge in [0.05, 0.1) is 28.0 Å². The van der Waals surface area contributed by atoms with Crippen molar-refractivity contribution in [1.82, 2.24) is 29.5 Å². The van der Waals surface area contributed by atoms with Crippen LogP contribution in [0.4, 0.5) is 0 Å². The first-order chi connectivity index (χ1) is 16.6. The Morgan fingerprint density at radius 2 is 1.82 bits per heavy atom. The van der Waals surface area contributed by atoms with Gasteiger partial charge in [-0.1, -0.05) is 50.2 Å². The first-order valence-electron chi connectivity index (χ1n) is 11.6. The third kappa shape index (κ3) is 4.64. The van der Waals surface area contributed by atoms with E-state index in [1.807, 2.05) is 34.5 Å². The molecule has 1 aliphatic rings. The van der Waals surface area contributed by atoms with Gasteiger partial charge in [-0.2, -0.15) is 5.10 Å². The van der Waals surface area contributed by atoms with E-state index in [1.165, 1.54) is 5.56 Å².